The van der Waals surface area contributed by atoms with Gasteiger partial charge in [-0.15, -0.1) is 11.3 Å². The van der Waals surface area contributed by atoms with E-state index in [2.05, 4.69) is 24.9 Å². The molecule has 0 aliphatic rings. The van der Waals surface area contributed by atoms with Gasteiger partial charge >= 0.3 is 0 Å². The fourth-order valence-corrected chi connectivity index (χ4v) is 3.38. The van der Waals surface area contributed by atoms with E-state index in [0.717, 1.165) is 10.7 Å². The second kappa shape index (κ2) is 3.87. The smallest absolute Gasteiger partial charge is 0.181 e. The van der Waals surface area contributed by atoms with Gasteiger partial charge in [-0.1, -0.05) is 25.2 Å². The summed E-state index contributed by atoms with van der Waals surface area (Å²) in [5.41, 5.74) is 5.62. The van der Waals surface area contributed by atoms with Gasteiger partial charge in [-0.05, 0) is 24.8 Å². The van der Waals surface area contributed by atoms with E-state index in [9.17, 15) is 0 Å². The highest BCUT2D eigenvalue weighted by molar-refractivity contribution is 7.28. The van der Waals surface area contributed by atoms with Crippen molar-refractivity contribution in [3.8, 4) is 0 Å². The molecule has 2 aromatic heterocycles. The quantitative estimate of drug-likeness (QED) is 0.869. The summed E-state index contributed by atoms with van der Waals surface area (Å²) >= 11 is 3.36. The summed E-state index contributed by atoms with van der Waals surface area (Å²) < 4.78 is 1.24. The molecule has 4 heteroatoms. The molecule has 0 atom stereocenters. The summed E-state index contributed by atoms with van der Waals surface area (Å²) in [5, 5.41) is 0.682. The Morgan fingerprint density at radius 2 is 2.21 bits per heavy atom. The van der Waals surface area contributed by atoms with Crippen molar-refractivity contribution >= 4 is 37.3 Å². The van der Waals surface area contributed by atoms with Crippen LogP contribution in [0.2, 0.25) is 0 Å². The zero-order valence-electron chi connectivity index (χ0n) is 8.41. The molecule has 14 heavy (non-hydrogen) atoms. The van der Waals surface area contributed by atoms with Gasteiger partial charge in [0, 0.05) is 4.88 Å². The molecule has 2 rings (SSSR count). The van der Waals surface area contributed by atoms with E-state index in [1.165, 1.54) is 22.4 Å². The van der Waals surface area contributed by atoms with E-state index in [1.807, 2.05) is 0 Å². The van der Waals surface area contributed by atoms with Gasteiger partial charge in [-0.25, -0.2) is 4.98 Å². The molecule has 2 heterocycles. The first-order valence-electron chi connectivity index (χ1n) is 4.80. The third-order valence-corrected chi connectivity index (χ3v) is 4.17. The van der Waals surface area contributed by atoms with E-state index in [0.29, 0.717) is 5.13 Å². The first-order valence-corrected chi connectivity index (χ1v) is 6.43. The van der Waals surface area contributed by atoms with E-state index in [4.69, 9.17) is 5.73 Å². The summed E-state index contributed by atoms with van der Waals surface area (Å²) in [7, 11) is 0. The molecular weight excluding hydrogens is 212 g/mol. The molecule has 0 aliphatic heterocycles. The number of hydrogen-bond donors (Lipinski definition) is 1. The molecule has 0 radical (unpaired) electrons. The van der Waals surface area contributed by atoms with Crippen LogP contribution in [0, 0.1) is 5.92 Å². The highest BCUT2D eigenvalue weighted by atomic mass is 32.1. The molecule has 0 bridgehead atoms. The van der Waals surface area contributed by atoms with Gasteiger partial charge in [0.15, 0.2) is 5.13 Å². The number of nitrogens with two attached hydrogens (primary N) is 1. The number of hydrogen-bond acceptors (Lipinski definition) is 4. The maximum atomic E-state index is 5.62. The molecule has 0 unspecified atom stereocenters. The molecule has 76 valence electrons. The van der Waals surface area contributed by atoms with Crippen LogP contribution in [0.4, 0.5) is 5.13 Å². The number of thiophene rings is 1. The average Bonchev–Trinajstić information content (AvgIpc) is 2.57. The summed E-state index contributed by atoms with van der Waals surface area (Å²) in [5.74, 6) is 0.771. The molecule has 0 aromatic carbocycles. The number of thiazole rings is 1. The van der Waals surface area contributed by atoms with Crippen LogP contribution in [0.5, 0.6) is 0 Å². The highest BCUT2D eigenvalue weighted by Crippen LogP contribution is 2.32. The number of aromatic nitrogens is 1. The topological polar surface area (TPSA) is 38.9 Å². The van der Waals surface area contributed by atoms with E-state index >= 15 is 0 Å². The molecule has 0 fully saturated rings. The Labute approximate surface area is 91.8 Å². The van der Waals surface area contributed by atoms with Crippen molar-refractivity contribution in [2.75, 3.05) is 5.73 Å². The van der Waals surface area contributed by atoms with Gasteiger partial charge in [-0.2, -0.15) is 0 Å². The molecule has 0 spiro atoms. The molecule has 0 saturated carbocycles. The second-order valence-corrected chi connectivity index (χ2v) is 6.04. The van der Waals surface area contributed by atoms with Gasteiger partial charge in [0.1, 0.15) is 4.83 Å². The van der Waals surface area contributed by atoms with Crippen LogP contribution in [-0.2, 0) is 6.42 Å². The Hall–Kier alpha value is -0.610. The second-order valence-electron chi connectivity index (χ2n) is 3.87. The first-order chi connectivity index (χ1) is 6.65. The fraction of sp³-hybridized carbons (Fsp3) is 0.500. The molecule has 2 N–H and O–H groups in total. The lowest BCUT2D eigenvalue weighted by atomic mass is 10.1. The Balaban J connectivity index is 2.15. The van der Waals surface area contributed by atoms with Crippen LogP contribution >= 0.6 is 22.7 Å². The van der Waals surface area contributed by atoms with Crippen LogP contribution in [-0.4, -0.2) is 4.98 Å². The Kier molecular flexibility index (Phi) is 2.74. The standard InChI is InChI=1S/C10H14N2S2/c1-6(2)3-4-7-5-8-9(13-7)12-10(11)14-8/h5-6H,3-4H2,1-2H3,(H2,11,12). The molecule has 0 saturated heterocycles. The van der Waals surface area contributed by atoms with Gasteiger partial charge in [0.25, 0.3) is 0 Å². The van der Waals surface area contributed by atoms with Crippen LogP contribution in [0.15, 0.2) is 6.07 Å². The molecular formula is C10H14N2S2. The molecule has 0 amide bonds. The minimum absolute atomic E-state index is 0.682. The van der Waals surface area contributed by atoms with Gasteiger partial charge in [0.05, 0.1) is 4.70 Å². The number of nitrogen functional groups attached to an aromatic ring is 1. The minimum atomic E-state index is 0.682. The van der Waals surface area contributed by atoms with Crippen LogP contribution in [0.3, 0.4) is 0 Å². The zero-order chi connectivity index (χ0) is 10.1. The number of nitrogens with zero attached hydrogens (tertiary/aromatic N) is 1. The number of aryl methyl sites for hydroxylation is 1. The molecule has 2 nitrogen and oxygen atoms in total. The first kappa shape index (κ1) is 9.93. The van der Waals surface area contributed by atoms with Crippen LogP contribution < -0.4 is 5.73 Å². The monoisotopic (exact) mass is 226 g/mol. The normalized spacial score (nSPS) is 11.6. The summed E-state index contributed by atoms with van der Waals surface area (Å²) in [6.45, 7) is 4.51. The van der Waals surface area contributed by atoms with Crippen molar-refractivity contribution in [3.63, 3.8) is 0 Å². The van der Waals surface area contributed by atoms with Gasteiger partial charge < -0.3 is 5.73 Å². The maximum Gasteiger partial charge on any atom is 0.181 e. The van der Waals surface area contributed by atoms with Crippen LogP contribution in [0.1, 0.15) is 25.1 Å². The Morgan fingerprint density at radius 1 is 1.43 bits per heavy atom. The van der Waals surface area contributed by atoms with E-state index in [-0.39, 0.29) is 0 Å². The SMILES string of the molecule is CC(C)CCc1cc2sc(N)nc2s1. The number of rotatable bonds is 3. The highest BCUT2D eigenvalue weighted by Gasteiger charge is 2.07. The lowest BCUT2D eigenvalue weighted by Crippen LogP contribution is -1.89. The van der Waals surface area contributed by atoms with Crippen molar-refractivity contribution in [3.05, 3.63) is 10.9 Å². The molecule has 0 aliphatic carbocycles. The Morgan fingerprint density at radius 3 is 2.86 bits per heavy atom. The van der Waals surface area contributed by atoms with E-state index in [1.54, 1.807) is 22.7 Å². The summed E-state index contributed by atoms with van der Waals surface area (Å²) in [4.78, 5) is 6.82. The zero-order valence-corrected chi connectivity index (χ0v) is 10.0. The van der Waals surface area contributed by atoms with Crippen LogP contribution in [0.25, 0.3) is 9.53 Å². The van der Waals surface area contributed by atoms with E-state index < -0.39 is 0 Å². The van der Waals surface area contributed by atoms with Crippen molar-refractivity contribution < 1.29 is 0 Å². The predicted octanol–water partition coefficient (Wildman–Crippen LogP) is 3.53. The summed E-state index contributed by atoms with van der Waals surface area (Å²) in [6.07, 6.45) is 2.43. The van der Waals surface area contributed by atoms with Crippen molar-refractivity contribution in [2.24, 2.45) is 5.92 Å². The van der Waals surface area contributed by atoms with Crippen molar-refractivity contribution in [2.45, 2.75) is 26.7 Å². The molecule has 2 aromatic rings. The van der Waals surface area contributed by atoms with Crippen molar-refractivity contribution in [1.29, 1.82) is 0 Å². The minimum Gasteiger partial charge on any atom is -0.375 e. The number of fused-ring (bicyclic) bond motifs is 1. The third-order valence-electron chi connectivity index (χ3n) is 2.12. The van der Waals surface area contributed by atoms with Crippen molar-refractivity contribution in [1.82, 2.24) is 4.98 Å². The number of anilines is 1. The average molecular weight is 226 g/mol. The largest absolute Gasteiger partial charge is 0.375 e. The third kappa shape index (κ3) is 2.07. The lowest BCUT2D eigenvalue weighted by Gasteiger charge is -2.00. The Bertz CT molecular complexity index is 397. The fourth-order valence-electron chi connectivity index (χ4n) is 1.35. The maximum absolute atomic E-state index is 5.62. The predicted molar refractivity (Wildman–Crippen MR) is 65.1 cm³/mol. The summed E-state index contributed by atoms with van der Waals surface area (Å²) in [6, 6.07) is 2.23. The lowest BCUT2D eigenvalue weighted by molar-refractivity contribution is 0.590. The van der Waals surface area contributed by atoms with Gasteiger partial charge in [0.2, 0.25) is 0 Å². The van der Waals surface area contributed by atoms with Gasteiger partial charge in [-0.3, -0.25) is 0 Å².